The standard InChI is InChI=1S/C27H39FN6O4/c1-3-11-33(21-17-20(18-29-19-21)26(35)32-12-15-38-16-13-32)27(36)25-24(10-6-7-14-37-2)34(31-30-25)23-9-5-4-8-22(23)28/h4-5,8-9,20-21,29H,3,6-7,10-19H2,1-2H3/t20-,21+/m1/s1. The molecule has 0 bridgehead atoms. The molecule has 1 aromatic carbocycles. The SMILES string of the molecule is CCCN(C(=O)c1nnn(-c2ccccc2F)c1CCCCOC)[C@@H]1CNC[C@H](C(=O)N2CCOCC2)C1. The van der Waals surface area contributed by atoms with Crippen molar-refractivity contribution in [3.63, 3.8) is 0 Å². The first-order valence-corrected chi connectivity index (χ1v) is 13.6. The Morgan fingerprint density at radius 1 is 1.21 bits per heavy atom. The van der Waals surface area contributed by atoms with Gasteiger partial charge in [0.1, 0.15) is 11.5 Å². The molecule has 2 saturated heterocycles. The lowest BCUT2D eigenvalue weighted by molar-refractivity contribution is -0.140. The Balaban J connectivity index is 1.58. The van der Waals surface area contributed by atoms with Crippen molar-refractivity contribution in [2.75, 3.05) is 59.7 Å². The van der Waals surface area contributed by atoms with Gasteiger partial charge in [-0.15, -0.1) is 5.10 Å². The number of nitrogens with zero attached hydrogens (tertiary/aromatic N) is 5. The van der Waals surface area contributed by atoms with Gasteiger partial charge in [0.15, 0.2) is 5.69 Å². The molecule has 0 unspecified atom stereocenters. The van der Waals surface area contributed by atoms with Crippen molar-refractivity contribution in [2.45, 2.75) is 45.1 Å². The molecular formula is C27H39FN6O4. The molecule has 1 aromatic heterocycles. The zero-order valence-corrected chi connectivity index (χ0v) is 22.4. The fraction of sp³-hybridized carbons (Fsp3) is 0.630. The fourth-order valence-corrected chi connectivity index (χ4v) is 5.26. The summed E-state index contributed by atoms with van der Waals surface area (Å²) in [5, 5.41) is 11.9. The van der Waals surface area contributed by atoms with Crippen LogP contribution in [0.3, 0.4) is 0 Å². The number of morpholine rings is 1. The van der Waals surface area contributed by atoms with Gasteiger partial charge in [-0.25, -0.2) is 9.07 Å². The molecule has 2 aromatic rings. The van der Waals surface area contributed by atoms with Crippen LogP contribution < -0.4 is 5.32 Å². The third-order valence-electron chi connectivity index (χ3n) is 7.22. The minimum absolute atomic E-state index is 0.110. The number of para-hydroxylation sites is 1. The third kappa shape index (κ3) is 6.57. The van der Waals surface area contributed by atoms with E-state index in [1.165, 1.54) is 10.7 Å². The number of benzene rings is 1. The van der Waals surface area contributed by atoms with E-state index in [9.17, 15) is 14.0 Å². The second-order valence-corrected chi connectivity index (χ2v) is 9.88. The van der Waals surface area contributed by atoms with E-state index in [1.807, 2.05) is 16.7 Å². The van der Waals surface area contributed by atoms with Gasteiger partial charge in [0.2, 0.25) is 5.91 Å². The van der Waals surface area contributed by atoms with Crippen LogP contribution >= 0.6 is 0 Å². The zero-order chi connectivity index (χ0) is 26.9. The first kappa shape index (κ1) is 28.1. The highest BCUT2D eigenvalue weighted by atomic mass is 19.1. The van der Waals surface area contributed by atoms with E-state index in [4.69, 9.17) is 9.47 Å². The van der Waals surface area contributed by atoms with Crippen molar-refractivity contribution >= 4 is 11.8 Å². The number of nitrogens with one attached hydrogen (secondary N) is 1. The Kier molecular flexibility index (Phi) is 10.2. The molecule has 0 radical (unpaired) electrons. The fourth-order valence-electron chi connectivity index (χ4n) is 5.26. The second kappa shape index (κ2) is 13.8. The van der Waals surface area contributed by atoms with Gasteiger partial charge in [-0.3, -0.25) is 9.59 Å². The monoisotopic (exact) mass is 530 g/mol. The summed E-state index contributed by atoms with van der Waals surface area (Å²) in [6.45, 7) is 6.65. The average molecular weight is 531 g/mol. The normalized spacial score (nSPS) is 19.9. The van der Waals surface area contributed by atoms with E-state index >= 15 is 0 Å². The number of rotatable bonds is 11. The quantitative estimate of drug-likeness (QED) is 0.444. The molecular weight excluding hydrogens is 491 g/mol. The number of amides is 2. The van der Waals surface area contributed by atoms with Gasteiger partial charge in [0.05, 0.1) is 24.8 Å². The number of unbranched alkanes of at least 4 members (excludes halogenated alkanes) is 1. The first-order valence-electron chi connectivity index (χ1n) is 13.6. The van der Waals surface area contributed by atoms with E-state index in [1.54, 1.807) is 25.3 Å². The predicted octanol–water partition coefficient (Wildman–Crippen LogP) is 2.06. The lowest BCUT2D eigenvalue weighted by Gasteiger charge is -2.39. The van der Waals surface area contributed by atoms with Crippen molar-refractivity contribution in [3.8, 4) is 5.69 Å². The molecule has 2 amide bonds. The highest BCUT2D eigenvalue weighted by Crippen LogP contribution is 2.24. The Labute approximate surface area is 223 Å². The van der Waals surface area contributed by atoms with Crippen molar-refractivity contribution in [1.82, 2.24) is 30.1 Å². The summed E-state index contributed by atoms with van der Waals surface area (Å²) in [5.41, 5.74) is 1.08. The lowest BCUT2D eigenvalue weighted by atomic mass is 9.92. The largest absolute Gasteiger partial charge is 0.385 e. The number of hydrogen-bond acceptors (Lipinski definition) is 7. The first-order chi connectivity index (χ1) is 18.5. The van der Waals surface area contributed by atoms with Gasteiger partial charge in [-0.2, -0.15) is 0 Å². The van der Waals surface area contributed by atoms with Crippen LogP contribution in [0.25, 0.3) is 5.69 Å². The van der Waals surface area contributed by atoms with E-state index < -0.39 is 5.82 Å². The summed E-state index contributed by atoms with van der Waals surface area (Å²) in [6, 6.07) is 6.20. The maximum absolute atomic E-state index is 14.7. The molecule has 208 valence electrons. The Hall–Kier alpha value is -2.89. The number of methoxy groups -OCH3 is 1. The Bertz CT molecular complexity index is 1070. The molecule has 2 fully saturated rings. The Morgan fingerprint density at radius 2 is 2.00 bits per heavy atom. The maximum Gasteiger partial charge on any atom is 0.276 e. The van der Waals surface area contributed by atoms with Crippen LogP contribution in [0.1, 0.15) is 48.8 Å². The third-order valence-corrected chi connectivity index (χ3v) is 7.22. The summed E-state index contributed by atoms with van der Waals surface area (Å²) in [7, 11) is 1.65. The number of carbonyl (C=O) groups excluding carboxylic acids is 2. The van der Waals surface area contributed by atoms with Crippen LogP contribution in [0, 0.1) is 11.7 Å². The van der Waals surface area contributed by atoms with Crippen molar-refractivity contribution < 1.29 is 23.5 Å². The molecule has 4 rings (SSSR count). The van der Waals surface area contributed by atoms with Crippen LogP contribution in [0.4, 0.5) is 4.39 Å². The topological polar surface area (TPSA) is 102 Å². The molecule has 38 heavy (non-hydrogen) atoms. The van der Waals surface area contributed by atoms with E-state index in [-0.39, 0.29) is 35.2 Å². The van der Waals surface area contributed by atoms with Gasteiger partial charge >= 0.3 is 0 Å². The van der Waals surface area contributed by atoms with Crippen molar-refractivity contribution in [1.29, 1.82) is 0 Å². The molecule has 0 spiro atoms. The van der Waals surface area contributed by atoms with Crippen LogP contribution in [0.15, 0.2) is 24.3 Å². The summed E-state index contributed by atoms with van der Waals surface area (Å²) >= 11 is 0. The molecule has 1 N–H and O–H groups in total. The maximum atomic E-state index is 14.7. The minimum atomic E-state index is -0.430. The van der Waals surface area contributed by atoms with Gasteiger partial charge in [0, 0.05) is 52.5 Å². The zero-order valence-electron chi connectivity index (χ0n) is 22.4. The number of hydrogen-bond donors (Lipinski definition) is 1. The minimum Gasteiger partial charge on any atom is -0.385 e. The van der Waals surface area contributed by atoms with Gasteiger partial charge in [-0.1, -0.05) is 24.3 Å². The summed E-state index contributed by atoms with van der Waals surface area (Å²) < 4.78 is 26.7. The number of carbonyl (C=O) groups is 2. The van der Waals surface area contributed by atoms with Crippen molar-refractivity contribution in [3.05, 3.63) is 41.5 Å². The van der Waals surface area contributed by atoms with Crippen LogP contribution in [0.2, 0.25) is 0 Å². The summed E-state index contributed by atoms with van der Waals surface area (Å²) in [4.78, 5) is 30.9. The molecule has 10 nitrogen and oxygen atoms in total. The van der Waals surface area contributed by atoms with Crippen LogP contribution in [-0.4, -0.2) is 102 Å². The molecule has 2 aliphatic rings. The van der Waals surface area contributed by atoms with Gasteiger partial charge in [-0.05, 0) is 44.2 Å². The summed E-state index contributed by atoms with van der Waals surface area (Å²) in [6.07, 6.45) is 3.38. The number of piperidine rings is 1. The van der Waals surface area contributed by atoms with E-state index in [0.29, 0.717) is 71.1 Å². The Morgan fingerprint density at radius 3 is 2.74 bits per heavy atom. The lowest BCUT2D eigenvalue weighted by Crippen LogP contribution is -2.55. The average Bonchev–Trinajstić information content (AvgIpc) is 3.37. The van der Waals surface area contributed by atoms with E-state index in [2.05, 4.69) is 15.6 Å². The highest BCUT2D eigenvalue weighted by Gasteiger charge is 2.36. The molecule has 3 heterocycles. The molecule has 0 saturated carbocycles. The van der Waals surface area contributed by atoms with Crippen LogP contribution in [-0.2, 0) is 20.7 Å². The predicted molar refractivity (Wildman–Crippen MR) is 140 cm³/mol. The molecule has 11 heteroatoms. The number of aromatic nitrogens is 3. The highest BCUT2D eigenvalue weighted by molar-refractivity contribution is 5.94. The van der Waals surface area contributed by atoms with Crippen molar-refractivity contribution in [2.24, 2.45) is 5.92 Å². The van der Waals surface area contributed by atoms with E-state index in [0.717, 1.165) is 19.3 Å². The molecule has 2 aliphatic heterocycles. The van der Waals surface area contributed by atoms with Gasteiger partial charge < -0.3 is 24.6 Å². The second-order valence-electron chi connectivity index (χ2n) is 9.88. The summed E-state index contributed by atoms with van der Waals surface area (Å²) in [5.74, 6) is -0.760. The van der Waals surface area contributed by atoms with Crippen LogP contribution in [0.5, 0.6) is 0 Å². The molecule has 2 atom stereocenters. The molecule has 0 aliphatic carbocycles. The number of halogens is 1. The number of ether oxygens (including phenoxy) is 2. The smallest absolute Gasteiger partial charge is 0.276 e. The van der Waals surface area contributed by atoms with Gasteiger partial charge in [0.25, 0.3) is 5.91 Å².